The number of hydrogen-bond donors (Lipinski definition) is 2. The van der Waals surface area contributed by atoms with Gasteiger partial charge < -0.3 is 10.2 Å². The average Bonchev–Trinajstić information content (AvgIpc) is 2.39. The Hall–Kier alpha value is -1.35. The van der Waals surface area contributed by atoms with Crippen molar-refractivity contribution in [3.8, 4) is 0 Å². The van der Waals surface area contributed by atoms with Crippen LogP contribution >= 0.6 is 0 Å². The number of rotatable bonds is 3. The van der Waals surface area contributed by atoms with Crippen molar-refractivity contribution in [2.75, 3.05) is 0 Å². The molecule has 0 aliphatic heterocycles. The molecule has 98 valence electrons. The third-order valence-corrected chi connectivity index (χ3v) is 4.02. The quantitative estimate of drug-likeness (QED) is 0.864. The normalized spacial score (nSPS) is 25.7. The molecule has 3 heteroatoms. The highest BCUT2D eigenvalue weighted by Crippen LogP contribution is 2.37. The van der Waals surface area contributed by atoms with E-state index in [1.54, 1.807) is 0 Å². The van der Waals surface area contributed by atoms with E-state index in [-0.39, 0.29) is 5.92 Å². The first kappa shape index (κ1) is 13.1. The molecule has 0 aromatic heterocycles. The van der Waals surface area contributed by atoms with Gasteiger partial charge >= 0.3 is 5.97 Å². The van der Waals surface area contributed by atoms with Gasteiger partial charge in [0.1, 0.15) is 0 Å². The summed E-state index contributed by atoms with van der Waals surface area (Å²) in [5.41, 5.74) is 2.60. The summed E-state index contributed by atoms with van der Waals surface area (Å²) in [5.74, 6) is -0.652. The Morgan fingerprint density at radius 3 is 2.22 bits per heavy atom. The van der Waals surface area contributed by atoms with E-state index in [0.717, 1.165) is 25.7 Å². The molecule has 1 aliphatic rings. The van der Waals surface area contributed by atoms with E-state index in [2.05, 4.69) is 31.2 Å². The Kier molecular flexibility index (Phi) is 4.02. The maximum atomic E-state index is 10.7. The highest BCUT2D eigenvalue weighted by molar-refractivity contribution is 5.72. The van der Waals surface area contributed by atoms with Crippen LogP contribution in [0.25, 0.3) is 0 Å². The average molecular weight is 248 g/mol. The SMILES string of the molecule is Cc1ccc(C2CCC(C(O)C(=O)O)CC2)cc1. The monoisotopic (exact) mass is 248 g/mol. The lowest BCUT2D eigenvalue weighted by molar-refractivity contribution is -0.150. The van der Waals surface area contributed by atoms with E-state index in [4.69, 9.17) is 5.11 Å². The first-order valence-electron chi connectivity index (χ1n) is 6.55. The molecule has 1 aromatic rings. The second-order valence-electron chi connectivity index (χ2n) is 5.31. The predicted octanol–water partition coefficient (Wildman–Crippen LogP) is 2.71. The second-order valence-corrected chi connectivity index (χ2v) is 5.31. The maximum Gasteiger partial charge on any atom is 0.332 e. The largest absolute Gasteiger partial charge is 0.479 e. The van der Waals surface area contributed by atoms with Gasteiger partial charge in [-0.1, -0.05) is 29.8 Å². The Morgan fingerprint density at radius 1 is 1.17 bits per heavy atom. The van der Waals surface area contributed by atoms with Gasteiger partial charge in [0.25, 0.3) is 0 Å². The summed E-state index contributed by atoms with van der Waals surface area (Å²) >= 11 is 0. The molecule has 0 amide bonds. The molecule has 1 saturated carbocycles. The fourth-order valence-electron chi connectivity index (χ4n) is 2.81. The summed E-state index contributed by atoms with van der Waals surface area (Å²) in [6.45, 7) is 2.07. The fourth-order valence-corrected chi connectivity index (χ4v) is 2.81. The van der Waals surface area contributed by atoms with E-state index in [9.17, 15) is 9.90 Å². The fraction of sp³-hybridized carbons (Fsp3) is 0.533. The molecule has 18 heavy (non-hydrogen) atoms. The maximum absolute atomic E-state index is 10.7. The van der Waals surface area contributed by atoms with Gasteiger partial charge in [-0.3, -0.25) is 0 Å². The number of benzene rings is 1. The summed E-state index contributed by atoms with van der Waals surface area (Å²) in [7, 11) is 0. The van der Waals surface area contributed by atoms with E-state index in [1.807, 2.05) is 0 Å². The van der Waals surface area contributed by atoms with Crippen LogP contribution in [0.5, 0.6) is 0 Å². The van der Waals surface area contributed by atoms with Crippen molar-refractivity contribution in [1.82, 2.24) is 0 Å². The van der Waals surface area contributed by atoms with Gasteiger partial charge in [-0.2, -0.15) is 0 Å². The second kappa shape index (κ2) is 5.53. The van der Waals surface area contributed by atoms with Crippen molar-refractivity contribution in [2.24, 2.45) is 5.92 Å². The van der Waals surface area contributed by atoms with E-state index >= 15 is 0 Å². The number of aliphatic hydroxyl groups excluding tert-OH is 1. The number of carbonyl (C=O) groups is 1. The van der Waals surface area contributed by atoms with Crippen molar-refractivity contribution in [3.63, 3.8) is 0 Å². The molecule has 0 spiro atoms. The number of aliphatic hydroxyl groups is 1. The van der Waals surface area contributed by atoms with Crippen LogP contribution in [-0.4, -0.2) is 22.3 Å². The van der Waals surface area contributed by atoms with Gasteiger partial charge in [0.15, 0.2) is 6.10 Å². The van der Waals surface area contributed by atoms with Crippen molar-refractivity contribution >= 4 is 5.97 Å². The smallest absolute Gasteiger partial charge is 0.332 e. The van der Waals surface area contributed by atoms with Gasteiger partial charge in [0, 0.05) is 0 Å². The molecule has 0 bridgehead atoms. The minimum absolute atomic E-state index is 0.0794. The van der Waals surface area contributed by atoms with Crippen LogP contribution in [0.1, 0.15) is 42.7 Å². The lowest BCUT2D eigenvalue weighted by Crippen LogP contribution is -2.31. The van der Waals surface area contributed by atoms with Gasteiger partial charge in [-0.25, -0.2) is 4.79 Å². The summed E-state index contributed by atoms with van der Waals surface area (Å²) in [6, 6.07) is 8.56. The van der Waals surface area contributed by atoms with Crippen LogP contribution < -0.4 is 0 Å². The van der Waals surface area contributed by atoms with Crippen LogP contribution in [0.3, 0.4) is 0 Å². The Morgan fingerprint density at radius 2 is 1.72 bits per heavy atom. The van der Waals surface area contributed by atoms with Crippen LogP contribution in [0.15, 0.2) is 24.3 Å². The van der Waals surface area contributed by atoms with Gasteiger partial charge in [0.05, 0.1) is 0 Å². The topological polar surface area (TPSA) is 57.5 Å². The Bertz CT molecular complexity index is 402. The third kappa shape index (κ3) is 2.91. The van der Waals surface area contributed by atoms with Crippen LogP contribution in [0.2, 0.25) is 0 Å². The first-order chi connectivity index (χ1) is 8.58. The first-order valence-corrected chi connectivity index (χ1v) is 6.55. The van der Waals surface area contributed by atoms with Gasteiger partial charge in [0.2, 0.25) is 0 Å². The van der Waals surface area contributed by atoms with E-state index in [1.165, 1.54) is 11.1 Å². The van der Waals surface area contributed by atoms with Gasteiger partial charge in [-0.15, -0.1) is 0 Å². The van der Waals surface area contributed by atoms with E-state index in [0.29, 0.717) is 5.92 Å². The molecule has 1 atom stereocenters. The Labute approximate surface area is 107 Å². The molecule has 1 aliphatic carbocycles. The molecule has 0 heterocycles. The zero-order chi connectivity index (χ0) is 13.1. The number of aliphatic carboxylic acids is 1. The van der Waals surface area contributed by atoms with Crippen molar-refractivity contribution < 1.29 is 15.0 Å². The molecule has 0 radical (unpaired) electrons. The van der Waals surface area contributed by atoms with Crippen molar-refractivity contribution in [2.45, 2.75) is 44.6 Å². The third-order valence-electron chi connectivity index (χ3n) is 4.02. The zero-order valence-electron chi connectivity index (χ0n) is 10.7. The lowest BCUT2D eigenvalue weighted by Gasteiger charge is -2.30. The number of carboxylic acids is 1. The summed E-state index contributed by atoms with van der Waals surface area (Å²) < 4.78 is 0. The minimum Gasteiger partial charge on any atom is -0.479 e. The molecule has 1 aromatic carbocycles. The molecular weight excluding hydrogens is 228 g/mol. The minimum atomic E-state index is -1.19. The summed E-state index contributed by atoms with van der Waals surface area (Å²) in [4.78, 5) is 10.7. The number of carboxylic acid groups (broad SMARTS) is 1. The van der Waals surface area contributed by atoms with Crippen LogP contribution in [0, 0.1) is 12.8 Å². The van der Waals surface area contributed by atoms with E-state index < -0.39 is 12.1 Å². The highest BCUT2D eigenvalue weighted by Gasteiger charge is 2.30. The molecule has 1 unspecified atom stereocenters. The molecule has 0 saturated heterocycles. The van der Waals surface area contributed by atoms with Crippen molar-refractivity contribution in [1.29, 1.82) is 0 Å². The summed E-state index contributed by atoms with van der Waals surface area (Å²) in [5, 5.41) is 18.3. The number of aryl methyl sites for hydroxylation is 1. The predicted molar refractivity (Wildman–Crippen MR) is 69.5 cm³/mol. The zero-order valence-corrected chi connectivity index (χ0v) is 10.7. The molecular formula is C15H20O3. The molecule has 2 N–H and O–H groups in total. The number of hydrogen-bond acceptors (Lipinski definition) is 2. The molecule has 3 nitrogen and oxygen atoms in total. The van der Waals surface area contributed by atoms with Gasteiger partial charge in [-0.05, 0) is 50.0 Å². The summed E-state index contributed by atoms with van der Waals surface area (Å²) in [6.07, 6.45) is 2.35. The lowest BCUT2D eigenvalue weighted by atomic mass is 9.76. The Balaban J connectivity index is 1.94. The molecule has 2 rings (SSSR count). The van der Waals surface area contributed by atoms with Crippen molar-refractivity contribution in [3.05, 3.63) is 35.4 Å². The highest BCUT2D eigenvalue weighted by atomic mass is 16.4. The van der Waals surface area contributed by atoms with Crippen LogP contribution in [-0.2, 0) is 4.79 Å². The van der Waals surface area contributed by atoms with Crippen LogP contribution in [0.4, 0.5) is 0 Å². The standard InChI is InChI=1S/C15H20O3/c1-10-2-4-11(5-3-10)12-6-8-13(9-7-12)14(16)15(17)18/h2-5,12-14,16H,6-9H2,1H3,(H,17,18). The molecule has 1 fully saturated rings.